The van der Waals surface area contributed by atoms with Crippen LogP contribution in [-0.4, -0.2) is 55.7 Å². The standard InChI is InChI=1S/C22H27N7O4/c30-22(31)28-12-14-9-10-17(24-14)19(28)15-7-3-4-8-16(15)26-21-23-11-18(29(32)33)20(27-21)25-13-5-1-2-6-13/h3-4,7-8,11,13-14,17,19,24H,1-2,5-6,9-10,12H2,(H,30,31)(H2,23,25,26,27). The third kappa shape index (κ3) is 4.28. The van der Waals surface area contributed by atoms with E-state index in [4.69, 9.17) is 0 Å². The van der Waals surface area contributed by atoms with Crippen molar-refractivity contribution in [1.29, 1.82) is 0 Å². The molecule has 2 bridgehead atoms. The lowest BCUT2D eigenvalue weighted by atomic mass is 9.95. The molecule has 11 nitrogen and oxygen atoms in total. The number of carbonyl (C=O) groups is 1. The molecule has 3 heterocycles. The molecule has 3 unspecified atom stereocenters. The van der Waals surface area contributed by atoms with Gasteiger partial charge >= 0.3 is 11.8 Å². The van der Waals surface area contributed by atoms with Gasteiger partial charge in [-0.3, -0.25) is 15.0 Å². The van der Waals surface area contributed by atoms with Gasteiger partial charge in [-0.1, -0.05) is 31.0 Å². The van der Waals surface area contributed by atoms with E-state index in [0.29, 0.717) is 12.2 Å². The molecule has 4 N–H and O–H groups in total. The molecule has 3 fully saturated rings. The number of fused-ring (bicyclic) bond motifs is 2. The summed E-state index contributed by atoms with van der Waals surface area (Å²) in [4.78, 5) is 33.1. The lowest BCUT2D eigenvalue weighted by molar-refractivity contribution is -0.384. The number of likely N-dealkylation sites (tertiary alicyclic amines) is 1. The molecule has 1 saturated carbocycles. The van der Waals surface area contributed by atoms with Crippen LogP contribution in [0.4, 0.5) is 27.9 Å². The van der Waals surface area contributed by atoms with E-state index < -0.39 is 11.0 Å². The Morgan fingerprint density at radius 2 is 2.00 bits per heavy atom. The SMILES string of the molecule is O=C(O)N1CC2CCC(N2)C1c1ccccc1Nc1ncc([N+](=O)[O-])c(NC2CCCC2)n1. The maximum absolute atomic E-state index is 12.0. The van der Waals surface area contributed by atoms with E-state index in [9.17, 15) is 20.0 Å². The lowest BCUT2D eigenvalue weighted by Crippen LogP contribution is -2.54. The molecule has 33 heavy (non-hydrogen) atoms. The molecular weight excluding hydrogens is 426 g/mol. The van der Waals surface area contributed by atoms with Crippen molar-refractivity contribution in [3.8, 4) is 0 Å². The zero-order chi connectivity index (χ0) is 22.9. The van der Waals surface area contributed by atoms with E-state index in [0.717, 1.165) is 44.1 Å². The van der Waals surface area contributed by atoms with Crippen LogP contribution < -0.4 is 16.0 Å². The molecule has 174 valence electrons. The van der Waals surface area contributed by atoms with Crippen molar-refractivity contribution in [2.75, 3.05) is 17.2 Å². The number of carboxylic acid groups (broad SMARTS) is 1. The molecule has 3 aliphatic rings. The predicted octanol–water partition coefficient (Wildman–Crippen LogP) is 3.64. The number of nitrogens with zero attached hydrogens (tertiary/aromatic N) is 4. The maximum Gasteiger partial charge on any atom is 0.407 e. The highest BCUT2D eigenvalue weighted by atomic mass is 16.6. The van der Waals surface area contributed by atoms with Gasteiger partial charge < -0.3 is 21.1 Å². The fourth-order valence-corrected chi connectivity index (χ4v) is 5.32. The Bertz CT molecular complexity index is 1060. The van der Waals surface area contributed by atoms with Gasteiger partial charge in [-0.15, -0.1) is 0 Å². The quantitative estimate of drug-likeness (QED) is 0.380. The fourth-order valence-electron chi connectivity index (χ4n) is 5.32. The summed E-state index contributed by atoms with van der Waals surface area (Å²) in [5.74, 6) is 0.426. The van der Waals surface area contributed by atoms with Crippen LogP contribution in [0.3, 0.4) is 0 Å². The number of piperazine rings is 1. The number of hydrogen-bond donors (Lipinski definition) is 4. The summed E-state index contributed by atoms with van der Waals surface area (Å²) in [5.41, 5.74) is 1.35. The Morgan fingerprint density at radius 3 is 2.76 bits per heavy atom. The van der Waals surface area contributed by atoms with Crippen molar-refractivity contribution in [2.24, 2.45) is 0 Å². The summed E-state index contributed by atoms with van der Waals surface area (Å²) >= 11 is 0. The third-order valence-electron chi connectivity index (χ3n) is 6.84. The normalized spacial score (nSPS) is 24.6. The van der Waals surface area contributed by atoms with Gasteiger partial charge in [0.05, 0.1) is 11.0 Å². The first kappa shape index (κ1) is 21.4. The molecule has 5 rings (SSSR count). The second-order valence-electron chi connectivity index (χ2n) is 8.95. The zero-order valence-electron chi connectivity index (χ0n) is 18.1. The number of nitro groups is 1. The summed E-state index contributed by atoms with van der Waals surface area (Å²) in [5, 5.41) is 31.3. The highest BCUT2D eigenvalue weighted by Crippen LogP contribution is 2.39. The minimum Gasteiger partial charge on any atom is -0.465 e. The van der Waals surface area contributed by atoms with Gasteiger partial charge in [0.25, 0.3) is 0 Å². The van der Waals surface area contributed by atoms with E-state index >= 15 is 0 Å². The summed E-state index contributed by atoms with van der Waals surface area (Å²) < 4.78 is 0. The second-order valence-corrected chi connectivity index (χ2v) is 8.95. The molecule has 2 aromatic rings. The molecule has 0 spiro atoms. The van der Waals surface area contributed by atoms with E-state index in [2.05, 4.69) is 25.9 Å². The average Bonchev–Trinajstić information content (AvgIpc) is 3.44. The van der Waals surface area contributed by atoms with Gasteiger partial charge in [-0.2, -0.15) is 4.98 Å². The largest absolute Gasteiger partial charge is 0.465 e. The molecule has 3 atom stereocenters. The smallest absolute Gasteiger partial charge is 0.407 e. The Kier molecular flexibility index (Phi) is 5.71. The monoisotopic (exact) mass is 453 g/mol. The number of anilines is 3. The number of amides is 1. The van der Waals surface area contributed by atoms with Crippen molar-refractivity contribution in [2.45, 2.75) is 62.7 Å². The van der Waals surface area contributed by atoms with Gasteiger partial charge in [-0.25, -0.2) is 9.78 Å². The fraction of sp³-hybridized carbons (Fsp3) is 0.500. The van der Waals surface area contributed by atoms with Crippen molar-refractivity contribution in [1.82, 2.24) is 20.2 Å². The van der Waals surface area contributed by atoms with Crippen LogP contribution in [-0.2, 0) is 0 Å². The van der Waals surface area contributed by atoms with Crippen LogP contribution in [0, 0.1) is 10.1 Å². The summed E-state index contributed by atoms with van der Waals surface area (Å²) in [7, 11) is 0. The van der Waals surface area contributed by atoms with Crippen molar-refractivity contribution < 1.29 is 14.8 Å². The van der Waals surface area contributed by atoms with Crippen LogP contribution in [0.25, 0.3) is 0 Å². The molecule has 11 heteroatoms. The van der Waals surface area contributed by atoms with Crippen LogP contribution in [0.2, 0.25) is 0 Å². The van der Waals surface area contributed by atoms with Gasteiger partial charge in [0.15, 0.2) is 0 Å². The Hall–Kier alpha value is -3.47. The molecule has 1 aliphatic carbocycles. The molecule has 1 aromatic heterocycles. The van der Waals surface area contributed by atoms with Gasteiger partial charge in [0, 0.05) is 30.4 Å². The highest BCUT2D eigenvalue weighted by Gasteiger charge is 2.43. The highest BCUT2D eigenvalue weighted by molar-refractivity contribution is 5.69. The van der Waals surface area contributed by atoms with E-state index in [-0.39, 0.29) is 41.6 Å². The van der Waals surface area contributed by atoms with E-state index in [1.807, 2.05) is 24.3 Å². The van der Waals surface area contributed by atoms with E-state index in [1.165, 1.54) is 11.1 Å². The Balaban J connectivity index is 1.45. The first-order valence-electron chi connectivity index (χ1n) is 11.4. The average molecular weight is 454 g/mol. The maximum atomic E-state index is 12.0. The van der Waals surface area contributed by atoms with Gasteiger partial charge in [0.1, 0.15) is 6.20 Å². The molecule has 2 saturated heterocycles. The summed E-state index contributed by atoms with van der Waals surface area (Å²) in [6.45, 7) is 0.439. The second kappa shape index (κ2) is 8.81. The third-order valence-corrected chi connectivity index (χ3v) is 6.84. The summed E-state index contributed by atoms with van der Waals surface area (Å²) in [6.07, 6.45) is 6.20. The van der Waals surface area contributed by atoms with Crippen LogP contribution in [0.1, 0.15) is 50.1 Å². The van der Waals surface area contributed by atoms with Crippen LogP contribution in [0.15, 0.2) is 30.5 Å². The molecule has 2 aliphatic heterocycles. The Labute approximate surface area is 190 Å². The first-order valence-corrected chi connectivity index (χ1v) is 11.4. The van der Waals surface area contributed by atoms with E-state index in [1.54, 1.807) is 0 Å². The predicted molar refractivity (Wildman–Crippen MR) is 122 cm³/mol. The van der Waals surface area contributed by atoms with Gasteiger partial charge in [-0.05, 0) is 37.3 Å². The minimum atomic E-state index is -0.942. The van der Waals surface area contributed by atoms with Crippen LogP contribution in [0.5, 0.6) is 0 Å². The first-order chi connectivity index (χ1) is 16.0. The number of rotatable bonds is 6. The lowest BCUT2D eigenvalue weighted by Gasteiger charge is -2.40. The van der Waals surface area contributed by atoms with Crippen molar-refractivity contribution in [3.05, 3.63) is 46.1 Å². The number of benzene rings is 1. The van der Waals surface area contributed by atoms with Crippen molar-refractivity contribution in [3.63, 3.8) is 0 Å². The topological polar surface area (TPSA) is 146 Å². The molecular formula is C22H27N7O4. The van der Waals surface area contributed by atoms with Gasteiger partial charge in [0.2, 0.25) is 11.8 Å². The van der Waals surface area contributed by atoms with Crippen molar-refractivity contribution >= 4 is 29.2 Å². The molecule has 0 radical (unpaired) electrons. The Morgan fingerprint density at radius 1 is 1.21 bits per heavy atom. The van der Waals surface area contributed by atoms with Crippen LogP contribution >= 0.6 is 0 Å². The summed E-state index contributed by atoms with van der Waals surface area (Å²) in [6, 6.07) is 7.52. The number of hydrogen-bond acceptors (Lipinski definition) is 8. The number of aromatic nitrogens is 2. The molecule has 1 aromatic carbocycles. The zero-order valence-corrected chi connectivity index (χ0v) is 18.1. The molecule has 1 amide bonds. The number of nitrogens with one attached hydrogen (secondary N) is 3. The number of para-hydroxylation sites is 1. The minimum absolute atomic E-state index is 0.0279.